The molecule has 0 N–H and O–H groups in total. The minimum absolute atomic E-state index is 0.0806. The fourth-order valence-electron chi connectivity index (χ4n) is 2.79. The van der Waals surface area contributed by atoms with Gasteiger partial charge >= 0.3 is 5.97 Å². The molecule has 1 unspecified atom stereocenters. The Kier molecular flexibility index (Phi) is 5.46. The van der Waals surface area contributed by atoms with Crippen molar-refractivity contribution in [1.29, 1.82) is 0 Å². The second kappa shape index (κ2) is 8.34. The molecule has 1 aliphatic rings. The summed E-state index contributed by atoms with van der Waals surface area (Å²) >= 11 is 1.58. The minimum Gasteiger partial charge on any atom is -0.358 e. The van der Waals surface area contributed by atoms with Crippen molar-refractivity contribution in [3.05, 3.63) is 99.6 Å². The number of carbonyl (C=O) groups excluding carboxylic acids is 1. The maximum absolute atomic E-state index is 12.3. The number of thioether (sulfide) groups is 1. The summed E-state index contributed by atoms with van der Waals surface area (Å²) in [7, 11) is 0. The number of fused-ring (bicyclic) bond motifs is 1. The maximum atomic E-state index is 12.3. The van der Waals surface area contributed by atoms with Gasteiger partial charge in [0.1, 0.15) is 5.44 Å². The third-order valence-electron chi connectivity index (χ3n) is 4.25. The first-order valence-corrected chi connectivity index (χ1v) is 9.57. The summed E-state index contributed by atoms with van der Waals surface area (Å²) in [5.41, 5.74) is 1.98. The summed E-state index contributed by atoms with van der Waals surface area (Å²) in [5, 5.41) is 10.7. The largest absolute Gasteiger partial charge is 0.386 e. The van der Waals surface area contributed by atoms with Crippen LogP contribution in [0.15, 0.2) is 77.7 Å². The van der Waals surface area contributed by atoms with Crippen molar-refractivity contribution < 1.29 is 24.2 Å². The summed E-state index contributed by atoms with van der Waals surface area (Å²) in [6.07, 6.45) is 0. The van der Waals surface area contributed by atoms with Gasteiger partial charge in [-0.15, -0.1) is 0 Å². The summed E-state index contributed by atoms with van der Waals surface area (Å²) in [4.78, 5) is 33.4. The zero-order chi connectivity index (χ0) is 20.2. The SMILES string of the molecule is O=C(OOc1ccc([N+](=O)[O-])cc1)c1cccc(C2OCc3ccccc3S2)c1. The number of carbonyl (C=O) groups is 1. The molecule has 3 aromatic carbocycles. The molecule has 0 aromatic heterocycles. The van der Waals surface area contributed by atoms with E-state index in [0.717, 1.165) is 16.0 Å². The van der Waals surface area contributed by atoms with Gasteiger partial charge in [-0.3, -0.25) is 15.0 Å². The standard InChI is InChI=1S/C21H15NO6S/c23-20(28-27-18-10-8-17(9-11-18)22(24)25)14-5-3-6-15(12-14)21-26-13-16-4-1-2-7-19(16)29-21/h1-12,21H,13H2. The highest BCUT2D eigenvalue weighted by Crippen LogP contribution is 2.42. The molecular formula is C21H15NO6S. The van der Waals surface area contributed by atoms with Gasteiger partial charge < -0.3 is 4.74 Å². The van der Waals surface area contributed by atoms with Gasteiger partial charge in [0.05, 0.1) is 17.1 Å². The Morgan fingerprint density at radius 2 is 1.86 bits per heavy atom. The molecule has 0 saturated carbocycles. The lowest BCUT2D eigenvalue weighted by Crippen LogP contribution is -2.11. The Morgan fingerprint density at radius 1 is 1.07 bits per heavy atom. The van der Waals surface area contributed by atoms with E-state index in [4.69, 9.17) is 14.5 Å². The van der Waals surface area contributed by atoms with Crippen LogP contribution < -0.4 is 4.89 Å². The van der Waals surface area contributed by atoms with Gasteiger partial charge in [-0.1, -0.05) is 42.1 Å². The highest BCUT2D eigenvalue weighted by Gasteiger charge is 2.22. The van der Waals surface area contributed by atoms with E-state index < -0.39 is 10.9 Å². The number of hydrogen-bond acceptors (Lipinski definition) is 7. The highest BCUT2D eigenvalue weighted by molar-refractivity contribution is 7.99. The van der Waals surface area contributed by atoms with Gasteiger partial charge in [0.25, 0.3) is 5.69 Å². The number of rotatable bonds is 5. The average Bonchev–Trinajstić information content (AvgIpc) is 2.77. The molecule has 4 rings (SSSR count). The molecule has 146 valence electrons. The predicted octanol–water partition coefficient (Wildman–Crippen LogP) is 5.07. The van der Waals surface area contributed by atoms with Gasteiger partial charge in [0, 0.05) is 17.0 Å². The second-order valence-corrected chi connectivity index (χ2v) is 7.30. The van der Waals surface area contributed by atoms with Crippen molar-refractivity contribution in [2.24, 2.45) is 0 Å². The van der Waals surface area contributed by atoms with E-state index in [0.29, 0.717) is 12.2 Å². The number of nitrogens with zero attached hydrogens (tertiary/aromatic N) is 1. The molecule has 1 atom stereocenters. The Balaban J connectivity index is 1.42. The molecule has 7 nitrogen and oxygen atoms in total. The quantitative estimate of drug-likeness (QED) is 0.330. The van der Waals surface area contributed by atoms with Crippen LogP contribution in [0.1, 0.15) is 26.9 Å². The van der Waals surface area contributed by atoms with E-state index in [-0.39, 0.29) is 16.9 Å². The molecule has 0 spiro atoms. The fraction of sp³-hybridized carbons (Fsp3) is 0.0952. The van der Waals surface area contributed by atoms with Crippen LogP contribution in [-0.4, -0.2) is 10.9 Å². The van der Waals surface area contributed by atoms with Crippen LogP contribution >= 0.6 is 11.8 Å². The Morgan fingerprint density at radius 3 is 2.66 bits per heavy atom. The third-order valence-corrected chi connectivity index (χ3v) is 5.53. The first kappa shape index (κ1) is 19.0. The van der Waals surface area contributed by atoms with Crippen molar-refractivity contribution in [1.82, 2.24) is 0 Å². The Hall–Kier alpha value is -3.36. The normalized spacial score (nSPS) is 15.2. The summed E-state index contributed by atoms with van der Waals surface area (Å²) in [6, 6.07) is 20.2. The molecule has 0 saturated heterocycles. The van der Waals surface area contributed by atoms with Crippen LogP contribution in [0, 0.1) is 10.1 Å². The molecule has 3 aromatic rings. The average molecular weight is 409 g/mol. The van der Waals surface area contributed by atoms with Crippen LogP contribution in [0.4, 0.5) is 5.69 Å². The monoisotopic (exact) mass is 409 g/mol. The van der Waals surface area contributed by atoms with Crippen molar-refractivity contribution in [3.8, 4) is 5.75 Å². The zero-order valence-corrected chi connectivity index (χ0v) is 15.8. The Labute approximate surface area is 170 Å². The molecule has 1 heterocycles. The molecule has 8 heteroatoms. The highest BCUT2D eigenvalue weighted by atomic mass is 32.2. The molecule has 29 heavy (non-hydrogen) atoms. The van der Waals surface area contributed by atoms with Crippen molar-refractivity contribution >= 4 is 23.4 Å². The smallest absolute Gasteiger partial charge is 0.358 e. The van der Waals surface area contributed by atoms with E-state index in [1.807, 2.05) is 30.3 Å². The van der Waals surface area contributed by atoms with Gasteiger partial charge in [0.15, 0.2) is 5.75 Å². The number of nitro benzene ring substituents is 1. The van der Waals surface area contributed by atoms with E-state index >= 15 is 0 Å². The minimum atomic E-state index is -0.675. The molecule has 0 amide bonds. The lowest BCUT2D eigenvalue weighted by atomic mass is 10.1. The topological polar surface area (TPSA) is 87.9 Å². The molecule has 0 aliphatic carbocycles. The molecule has 0 bridgehead atoms. The number of non-ortho nitro benzene ring substituents is 1. The van der Waals surface area contributed by atoms with E-state index in [1.54, 1.807) is 30.0 Å². The number of hydrogen-bond donors (Lipinski definition) is 0. The zero-order valence-electron chi connectivity index (χ0n) is 15.0. The first-order valence-electron chi connectivity index (χ1n) is 8.69. The summed E-state index contributed by atoms with van der Waals surface area (Å²) < 4.78 is 5.91. The predicted molar refractivity (Wildman–Crippen MR) is 105 cm³/mol. The molecule has 0 radical (unpaired) electrons. The van der Waals surface area contributed by atoms with E-state index in [9.17, 15) is 14.9 Å². The number of ether oxygens (including phenoxy) is 1. The van der Waals surface area contributed by atoms with E-state index in [2.05, 4.69) is 0 Å². The van der Waals surface area contributed by atoms with Crippen LogP contribution in [0.25, 0.3) is 0 Å². The van der Waals surface area contributed by atoms with Crippen LogP contribution in [0.2, 0.25) is 0 Å². The molecule has 0 fully saturated rings. The van der Waals surface area contributed by atoms with Gasteiger partial charge in [0.2, 0.25) is 0 Å². The van der Waals surface area contributed by atoms with Crippen molar-refractivity contribution in [2.45, 2.75) is 16.9 Å². The lowest BCUT2D eigenvalue weighted by Gasteiger charge is -2.25. The van der Waals surface area contributed by atoms with Crippen molar-refractivity contribution in [2.75, 3.05) is 0 Å². The maximum Gasteiger partial charge on any atom is 0.386 e. The molecule has 1 aliphatic heterocycles. The number of nitro groups is 1. The van der Waals surface area contributed by atoms with Gasteiger partial charge in [-0.25, -0.2) is 9.68 Å². The van der Waals surface area contributed by atoms with Crippen LogP contribution in [-0.2, 0) is 16.2 Å². The second-order valence-electron chi connectivity index (χ2n) is 6.20. The molecular weight excluding hydrogens is 394 g/mol. The third kappa shape index (κ3) is 4.39. The lowest BCUT2D eigenvalue weighted by molar-refractivity contribution is -0.384. The summed E-state index contributed by atoms with van der Waals surface area (Å²) in [5.74, 6) is -0.491. The fourth-order valence-corrected chi connectivity index (χ4v) is 3.87. The Bertz CT molecular complexity index is 1050. The summed E-state index contributed by atoms with van der Waals surface area (Å²) in [6.45, 7) is 0.506. The van der Waals surface area contributed by atoms with Gasteiger partial charge in [-0.05, 0) is 41.5 Å². The number of benzene rings is 3. The first-order chi connectivity index (χ1) is 14.1. The van der Waals surface area contributed by atoms with Gasteiger partial charge in [-0.2, -0.15) is 0 Å². The van der Waals surface area contributed by atoms with E-state index in [1.165, 1.54) is 24.3 Å². The van der Waals surface area contributed by atoms with Crippen LogP contribution in [0.5, 0.6) is 5.75 Å². The van der Waals surface area contributed by atoms with Crippen LogP contribution in [0.3, 0.4) is 0 Å². The van der Waals surface area contributed by atoms with Crippen molar-refractivity contribution in [3.63, 3.8) is 0 Å².